The van der Waals surface area contributed by atoms with E-state index in [-0.39, 0.29) is 11.7 Å². The Kier molecular flexibility index (Phi) is 5.74. The fraction of sp³-hybridized carbons (Fsp3) is 0.423. The van der Waals surface area contributed by atoms with Crippen LogP contribution in [-0.4, -0.2) is 48.7 Å². The van der Waals surface area contributed by atoms with E-state index in [0.717, 1.165) is 42.5 Å². The maximum Gasteiger partial charge on any atom is 0.259 e. The number of hydrogen-bond donors (Lipinski definition) is 0. The number of carbonyl (C=O) groups excluding carboxylic acids is 1. The summed E-state index contributed by atoms with van der Waals surface area (Å²) in [5, 5.41) is 0. The van der Waals surface area contributed by atoms with Gasteiger partial charge in [-0.05, 0) is 56.1 Å². The lowest BCUT2D eigenvalue weighted by atomic mass is 9.99. The van der Waals surface area contributed by atoms with Crippen LogP contribution >= 0.6 is 0 Å². The van der Waals surface area contributed by atoms with Crippen molar-refractivity contribution in [3.05, 3.63) is 53.5 Å². The molecule has 174 valence electrons. The molecule has 1 aliphatic carbocycles. The lowest BCUT2D eigenvalue weighted by molar-refractivity contribution is 0.0996. The van der Waals surface area contributed by atoms with Crippen LogP contribution in [0, 0.1) is 11.7 Å². The summed E-state index contributed by atoms with van der Waals surface area (Å²) >= 11 is 0. The summed E-state index contributed by atoms with van der Waals surface area (Å²) in [5.74, 6) is 1.64. The Hall–Kier alpha value is -3.06. The van der Waals surface area contributed by atoms with E-state index < -0.39 is 0 Å². The van der Waals surface area contributed by atoms with Gasteiger partial charge < -0.3 is 18.9 Å². The molecule has 0 atom stereocenters. The summed E-state index contributed by atoms with van der Waals surface area (Å²) in [5.41, 5.74) is 3.41. The number of benzene rings is 1. The maximum absolute atomic E-state index is 14.3. The monoisotopic (exact) mass is 451 g/mol. The molecule has 33 heavy (non-hydrogen) atoms. The van der Waals surface area contributed by atoms with Gasteiger partial charge in [-0.15, -0.1) is 0 Å². The number of hydrogen-bond acceptors (Lipinski definition) is 4. The van der Waals surface area contributed by atoms with E-state index in [4.69, 9.17) is 9.47 Å². The first-order chi connectivity index (χ1) is 16.0. The Bertz CT molecular complexity index is 1150. The van der Waals surface area contributed by atoms with Gasteiger partial charge in [0.2, 0.25) is 0 Å². The van der Waals surface area contributed by atoms with Crippen molar-refractivity contribution >= 4 is 11.6 Å². The number of nitrogens with zero attached hydrogens (tertiary/aromatic N) is 3. The third kappa shape index (κ3) is 3.95. The highest BCUT2D eigenvalue weighted by Gasteiger charge is 2.35. The molecule has 0 aromatic heterocycles. The van der Waals surface area contributed by atoms with Crippen LogP contribution in [0.15, 0.2) is 36.5 Å². The molecule has 0 saturated carbocycles. The number of rotatable bonds is 6. The van der Waals surface area contributed by atoms with Crippen LogP contribution in [0.5, 0.6) is 11.5 Å². The third-order valence-electron chi connectivity index (χ3n) is 7.00. The molecule has 6 nitrogen and oxygen atoms in total. The van der Waals surface area contributed by atoms with Crippen LogP contribution in [0.1, 0.15) is 35.7 Å². The van der Waals surface area contributed by atoms with E-state index in [1.807, 2.05) is 29.8 Å². The van der Waals surface area contributed by atoms with Crippen LogP contribution in [0.4, 0.5) is 10.1 Å². The molecule has 7 heteroatoms. The number of aromatic nitrogens is 1. The fourth-order valence-corrected chi connectivity index (χ4v) is 4.97. The molecule has 1 fully saturated rings. The van der Waals surface area contributed by atoms with Gasteiger partial charge in [-0.3, -0.25) is 9.69 Å². The summed E-state index contributed by atoms with van der Waals surface area (Å²) in [7, 11) is 3.49. The SMILES string of the molecule is COc1ccc(N2Cc3c(cc4c(F)ccn(C)c3-4)C2=O)cc1OCCN1CCC(C)CC1. The Morgan fingerprint density at radius 2 is 1.88 bits per heavy atom. The molecule has 1 aromatic carbocycles. The summed E-state index contributed by atoms with van der Waals surface area (Å²) in [4.78, 5) is 17.4. The molecule has 0 N–H and O–H groups in total. The zero-order chi connectivity index (χ0) is 23.1. The van der Waals surface area contributed by atoms with Crippen LogP contribution in [0.3, 0.4) is 0 Å². The number of fused-ring (bicyclic) bond motifs is 3. The van der Waals surface area contributed by atoms with E-state index in [1.165, 1.54) is 18.9 Å². The smallest absolute Gasteiger partial charge is 0.259 e. The first kappa shape index (κ1) is 21.8. The van der Waals surface area contributed by atoms with E-state index in [2.05, 4.69) is 11.8 Å². The summed E-state index contributed by atoms with van der Waals surface area (Å²) < 4.78 is 27.8. The molecule has 0 spiro atoms. The molecule has 3 aliphatic heterocycles. The number of halogens is 1. The van der Waals surface area contributed by atoms with Crippen molar-refractivity contribution in [2.24, 2.45) is 13.0 Å². The topological polar surface area (TPSA) is 46.9 Å². The van der Waals surface area contributed by atoms with Gasteiger partial charge in [0, 0.05) is 48.2 Å². The van der Waals surface area contributed by atoms with E-state index in [0.29, 0.717) is 35.8 Å². The van der Waals surface area contributed by atoms with Crippen LogP contribution in [0.2, 0.25) is 0 Å². The Morgan fingerprint density at radius 3 is 2.64 bits per heavy atom. The first-order valence-electron chi connectivity index (χ1n) is 11.6. The lowest BCUT2D eigenvalue weighted by Crippen LogP contribution is -2.35. The highest BCUT2D eigenvalue weighted by molar-refractivity contribution is 6.13. The largest absolute Gasteiger partial charge is 0.493 e. The number of methoxy groups -OCH3 is 1. The van der Waals surface area contributed by atoms with Crippen LogP contribution in [0.25, 0.3) is 11.3 Å². The van der Waals surface area contributed by atoms with Crippen molar-refractivity contribution in [3.63, 3.8) is 0 Å². The Balaban J connectivity index is 1.34. The number of likely N-dealkylation sites (tertiary alicyclic amines) is 1. The molecule has 1 aromatic rings. The van der Waals surface area contributed by atoms with Gasteiger partial charge in [-0.2, -0.15) is 0 Å². The van der Waals surface area contributed by atoms with Gasteiger partial charge >= 0.3 is 0 Å². The van der Waals surface area contributed by atoms with Crippen molar-refractivity contribution in [2.45, 2.75) is 26.3 Å². The number of anilines is 1. The summed E-state index contributed by atoms with van der Waals surface area (Å²) in [6, 6.07) is 8.66. The minimum absolute atomic E-state index is 0.126. The molecule has 4 aliphatic rings. The van der Waals surface area contributed by atoms with Crippen molar-refractivity contribution in [1.29, 1.82) is 0 Å². The molecule has 1 amide bonds. The first-order valence-corrected chi connectivity index (χ1v) is 11.6. The van der Waals surface area contributed by atoms with Gasteiger partial charge in [0.05, 0.1) is 19.3 Å². The Labute approximate surface area is 193 Å². The molecular weight excluding hydrogens is 421 g/mol. The minimum atomic E-state index is -0.305. The maximum atomic E-state index is 14.3. The molecular formula is C26H30FN3O3. The van der Waals surface area contributed by atoms with Gasteiger partial charge in [0.1, 0.15) is 12.4 Å². The number of pyridine rings is 1. The number of carbonyl (C=O) groups is 1. The Morgan fingerprint density at radius 1 is 1.09 bits per heavy atom. The average molecular weight is 452 g/mol. The fourth-order valence-electron chi connectivity index (χ4n) is 4.97. The van der Waals surface area contributed by atoms with E-state index >= 15 is 0 Å². The summed E-state index contributed by atoms with van der Waals surface area (Å²) in [6.07, 6.45) is 4.15. The van der Waals surface area contributed by atoms with Crippen molar-refractivity contribution in [3.8, 4) is 22.8 Å². The summed E-state index contributed by atoms with van der Waals surface area (Å²) in [6.45, 7) is 6.35. The molecule has 1 saturated heterocycles. The van der Waals surface area contributed by atoms with Crippen molar-refractivity contribution in [1.82, 2.24) is 9.47 Å². The van der Waals surface area contributed by atoms with Crippen molar-refractivity contribution in [2.75, 3.05) is 38.3 Å². The predicted molar refractivity (Wildman–Crippen MR) is 126 cm³/mol. The highest BCUT2D eigenvalue weighted by atomic mass is 19.1. The second-order valence-electron chi connectivity index (χ2n) is 9.17. The quantitative estimate of drug-likeness (QED) is 0.552. The van der Waals surface area contributed by atoms with E-state index in [1.54, 1.807) is 24.3 Å². The molecule has 0 bridgehead atoms. The van der Waals surface area contributed by atoms with Gasteiger partial charge in [0.15, 0.2) is 11.5 Å². The number of ether oxygens (including phenoxy) is 2. The van der Waals surface area contributed by atoms with Gasteiger partial charge in [-0.1, -0.05) is 6.92 Å². The van der Waals surface area contributed by atoms with Gasteiger partial charge in [0.25, 0.3) is 5.91 Å². The molecule has 0 unspecified atom stereocenters. The number of aryl methyl sites for hydroxylation is 1. The standard InChI is InChI=1S/C26H30FN3O3/c1-17-6-10-29(11-7-17)12-13-33-24-14-18(4-5-23(24)32-3)30-16-21-19(26(30)31)15-20-22(27)8-9-28(2)25(20)21/h4-5,8-9,14-15,17H,6-7,10-13,16H2,1-3H3. The molecule has 0 radical (unpaired) electrons. The zero-order valence-electron chi connectivity index (χ0n) is 19.4. The normalized spacial score (nSPS) is 17.1. The molecule has 5 rings (SSSR count). The predicted octanol–water partition coefficient (Wildman–Crippen LogP) is 4.55. The third-order valence-corrected chi connectivity index (χ3v) is 7.00. The number of piperidine rings is 1. The number of amides is 1. The van der Waals surface area contributed by atoms with E-state index in [9.17, 15) is 9.18 Å². The van der Waals surface area contributed by atoms with Gasteiger partial charge in [-0.25, -0.2) is 4.39 Å². The lowest BCUT2D eigenvalue weighted by Gasteiger charge is -2.30. The van der Waals surface area contributed by atoms with Crippen LogP contribution < -0.4 is 14.4 Å². The highest BCUT2D eigenvalue weighted by Crippen LogP contribution is 2.41. The average Bonchev–Trinajstić information content (AvgIpc) is 3.35. The zero-order valence-corrected chi connectivity index (χ0v) is 19.4. The second kappa shape index (κ2) is 8.71. The second-order valence-corrected chi connectivity index (χ2v) is 9.17. The van der Waals surface area contributed by atoms with Crippen LogP contribution in [-0.2, 0) is 13.6 Å². The minimum Gasteiger partial charge on any atom is -0.493 e. The molecule has 3 heterocycles. The van der Waals surface area contributed by atoms with Crippen molar-refractivity contribution < 1.29 is 18.7 Å².